The minimum Gasteiger partial charge on any atom is -0.487 e. The van der Waals surface area contributed by atoms with Gasteiger partial charge >= 0.3 is 5.97 Å². The summed E-state index contributed by atoms with van der Waals surface area (Å²) in [6, 6.07) is 24.4. The maximum atomic E-state index is 13.0. The third-order valence-corrected chi connectivity index (χ3v) is 6.82. The highest BCUT2D eigenvalue weighted by Gasteiger charge is 2.35. The number of fused-ring (bicyclic) bond motifs is 1. The normalized spacial score (nSPS) is 16.4. The van der Waals surface area contributed by atoms with Crippen molar-refractivity contribution in [2.24, 2.45) is 0 Å². The molecular formula is C31H35NO4. The van der Waals surface area contributed by atoms with Crippen molar-refractivity contribution < 1.29 is 19.4 Å². The van der Waals surface area contributed by atoms with Crippen LogP contribution in [0.4, 0.5) is 0 Å². The number of rotatable bonds is 10. The lowest BCUT2D eigenvalue weighted by atomic mass is 9.90. The van der Waals surface area contributed by atoms with Gasteiger partial charge in [-0.05, 0) is 53.1 Å². The Morgan fingerprint density at radius 1 is 0.972 bits per heavy atom. The summed E-state index contributed by atoms with van der Waals surface area (Å²) in [7, 11) is 0. The molecule has 0 saturated carbocycles. The zero-order valence-corrected chi connectivity index (χ0v) is 21.4. The van der Waals surface area contributed by atoms with Gasteiger partial charge in [0.15, 0.2) is 0 Å². The van der Waals surface area contributed by atoms with Crippen LogP contribution in [0.5, 0.6) is 5.75 Å². The number of carbonyl (C=O) groups is 2. The minimum atomic E-state index is -1.00. The molecule has 1 atom stereocenters. The van der Waals surface area contributed by atoms with Gasteiger partial charge in [-0.2, -0.15) is 0 Å². The van der Waals surface area contributed by atoms with Crippen LogP contribution in [0.2, 0.25) is 0 Å². The molecule has 36 heavy (non-hydrogen) atoms. The zero-order valence-electron chi connectivity index (χ0n) is 21.4. The maximum Gasteiger partial charge on any atom is 0.323 e. The summed E-state index contributed by atoms with van der Waals surface area (Å²) in [5.41, 5.74) is 5.28. The topological polar surface area (TPSA) is 66.8 Å². The molecular weight excluding hydrogens is 450 g/mol. The van der Waals surface area contributed by atoms with E-state index in [0.717, 1.165) is 35.3 Å². The molecule has 0 aliphatic carbocycles. The van der Waals surface area contributed by atoms with Crippen LogP contribution in [-0.4, -0.2) is 40.6 Å². The fraction of sp³-hybridized carbons (Fsp3) is 0.355. The second kappa shape index (κ2) is 11.0. The lowest BCUT2D eigenvalue weighted by Crippen LogP contribution is -2.38. The Morgan fingerprint density at radius 2 is 1.67 bits per heavy atom. The van der Waals surface area contributed by atoms with E-state index in [1.54, 1.807) is 0 Å². The molecule has 0 unspecified atom stereocenters. The highest BCUT2D eigenvalue weighted by atomic mass is 16.5. The highest BCUT2D eigenvalue weighted by molar-refractivity contribution is 5.83. The van der Waals surface area contributed by atoms with Crippen molar-refractivity contribution in [2.45, 2.75) is 58.0 Å². The number of amides is 1. The monoisotopic (exact) mass is 485 g/mol. The molecule has 0 bridgehead atoms. The molecule has 3 aromatic carbocycles. The van der Waals surface area contributed by atoms with Crippen LogP contribution >= 0.6 is 0 Å². The van der Waals surface area contributed by atoms with Crippen molar-refractivity contribution in [2.75, 3.05) is 13.1 Å². The van der Waals surface area contributed by atoms with E-state index in [4.69, 9.17) is 4.74 Å². The average molecular weight is 486 g/mol. The zero-order chi connectivity index (χ0) is 25.7. The summed E-state index contributed by atoms with van der Waals surface area (Å²) in [4.78, 5) is 25.9. The molecule has 0 saturated heterocycles. The SMILES string of the molecule is CC(C)c1ccc(C[C@]2(C)Cc3cc(CC(=O)N(CCc4ccccc4)CC(=O)O)ccc3O2)cc1. The van der Waals surface area contributed by atoms with E-state index in [0.29, 0.717) is 18.9 Å². The van der Waals surface area contributed by atoms with Gasteiger partial charge in [0, 0.05) is 19.4 Å². The molecule has 1 aliphatic heterocycles. The first-order chi connectivity index (χ1) is 17.2. The predicted octanol–water partition coefficient (Wildman–Crippen LogP) is 5.44. The first-order valence-corrected chi connectivity index (χ1v) is 12.6. The van der Waals surface area contributed by atoms with Crippen LogP contribution in [0.25, 0.3) is 0 Å². The number of carbonyl (C=O) groups excluding carboxylic acids is 1. The van der Waals surface area contributed by atoms with E-state index >= 15 is 0 Å². The Balaban J connectivity index is 1.40. The van der Waals surface area contributed by atoms with Crippen LogP contribution in [0, 0.1) is 0 Å². The molecule has 4 rings (SSSR count). The summed E-state index contributed by atoms with van der Waals surface area (Å²) in [5.74, 6) is 0.183. The number of hydrogen-bond acceptors (Lipinski definition) is 3. The van der Waals surface area contributed by atoms with Gasteiger partial charge in [0.25, 0.3) is 0 Å². The molecule has 1 amide bonds. The molecule has 0 aromatic heterocycles. The minimum absolute atomic E-state index is 0.169. The van der Waals surface area contributed by atoms with Crippen LogP contribution in [-0.2, 0) is 35.3 Å². The largest absolute Gasteiger partial charge is 0.487 e. The maximum absolute atomic E-state index is 13.0. The molecule has 0 spiro atoms. The number of nitrogens with zero attached hydrogens (tertiary/aromatic N) is 1. The summed E-state index contributed by atoms with van der Waals surface area (Å²) >= 11 is 0. The van der Waals surface area contributed by atoms with Crippen molar-refractivity contribution in [1.82, 2.24) is 4.90 Å². The smallest absolute Gasteiger partial charge is 0.323 e. The van der Waals surface area contributed by atoms with Gasteiger partial charge in [0.1, 0.15) is 17.9 Å². The van der Waals surface area contributed by atoms with Crippen LogP contribution in [0.15, 0.2) is 72.8 Å². The number of benzene rings is 3. The van der Waals surface area contributed by atoms with E-state index in [1.807, 2.05) is 48.5 Å². The first-order valence-electron chi connectivity index (χ1n) is 12.6. The third kappa shape index (κ3) is 6.54. The van der Waals surface area contributed by atoms with Crippen molar-refractivity contribution in [1.29, 1.82) is 0 Å². The second-order valence-corrected chi connectivity index (χ2v) is 10.4. The second-order valence-electron chi connectivity index (χ2n) is 10.4. The highest BCUT2D eigenvalue weighted by Crippen LogP contribution is 2.37. The number of carboxylic acid groups (broad SMARTS) is 1. The summed E-state index contributed by atoms with van der Waals surface area (Å²) in [6.07, 6.45) is 2.36. The molecule has 3 aromatic rings. The quantitative estimate of drug-likeness (QED) is 0.415. The average Bonchev–Trinajstić information content (AvgIpc) is 3.17. The predicted molar refractivity (Wildman–Crippen MR) is 141 cm³/mol. The molecule has 5 heteroatoms. The Labute approximate surface area is 213 Å². The molecule has 0 fully saturated rings. The van der Waals surface area contributed by atoms with Gasteiger partial charge in [-0.3, -0.25) is 9.59 Å². The Hall–Kier alpha value is -3.60. The fourth-order valence-electron chi connectivity index (χ4n) is 4.89. The summed E-state index contributed by atoms with van der Waals surface area (Å²) in [5, 5.41) is 9.33. The summed E-state index contributed by atoms with van der Waals surface area (Å²) in [6.45, 7) is 6.59. The number of carboxylic acids is 1. The Bertz CT molecular complexity index is 1200. The Morgan fingerprint density at radius 3 is 2.33 bits per heavy atom. The van der Waals surface area contributed by atoms with Gasteiger partial charge in [-0.1, -0.05) is 80.6 Å². The van der Waals surface area contributed by atoms with Crippen LogP contribution < -0.4 is 4.74 Å². The number of aliphatic carboxylic acids is 1. The molecule has 1 heterocycles. The standard InChI is InChI=1S/C31H35NO4/c1-22(2)26-12-9-24(10-13-26)19-31(3)20-27-17-25(11-14-28(27)36-31)18-29(33)32(21-30(34)35)16-15-23-7-5-4-6-8-23/h4-14,17,22H,15-16,18-21H2,1-3H3,(H,34,35)/t31-/m1/s1. The lowest BCUT2D eigenvalue weighted by molar-refractivity contribution is -0.144. The molecule has 1 N–H and O–H groups in total. The third-order valence-electron chi connectivity index (χ3n) is 6.82. The van der Waals surface area contributed by atoms with Crippen molar-refractivity contribution in [3.8, 4) is 5.75 Å². The lowest BCUT2D eigenvalue weighted by Gasteiger charge is -2.24. The first kappa shape index (κ1) is 25.5. The van der Waals surface area contributed by atoms with E-state index in [1.165, 1.54) is 16.0 Å². The van der Waals surface area contributed by atoms with Gasteiger partial charge < -0.3 is 14.7 Å². The number of ether oxygens (including phenoxy) is 1. The van der Waals surface area contributed by atoms with Crippen LogP contribution in [0.3, 0.4) is 0 Å². The molecule has 0 radical (unpaired) electrons. The van der Waals surface area contributed by atoms with Gasteiger partial charge in [-0.15, -0.1) is 0 Å². The Kier molecular flexibility index (Phi) is 7.78. The van der Waals surface area contributed by atoms with Gasteiger partial charge in [0.2, 0.25) is 5.91 Å². The van der Waals surface area contributed by atoms with E-state index in [2.05, 4.69) is 45.0 Å². The molecule has 188 valence electrons. The van der Waals surface area contributed by atoms with Gasteiger partial charge in [0.05, 0.1) is 6.42 Å². The van der Waals surface area contributed by atoms with Gasteiger partial charge in [-0.25, -0.2) is 0 Å². The number of hydrogen-bond donors (Lipinski definition) is 1. The van der Waals surface area contributed by atoms with Crippen molar-refractivity contribution >= 4 is 11.9 Å². The van der Waals surface area contributed by atoms with E-state index in [9.17, 15) is 14.7 Å². The van der Waals surface area contributed by atoms with E-state index in [-0.39, 0.29) is 24.5 Å². The van der Waals surface area contributed by atoms with Crippen LogP contribution in [0.1, 0.15) is 54.5 Å². The molecule has 5 nitrogen and oxygen atoms in total. The fourth-order valence-corrected chi connectivity index (χ4v) is 4.89. The van der Waals surface area contributed by atoms with Crippen molar-refractivity contribution in [3.05, 3.63) is 101 Å². The van der Waals surface area contributed by atoms with Crippen molar-refractivity contribution in [3.63, 3.8) is 0 Å². The molecule has 1 aliphatic rings. The summed E-state index contributed by atoms with van der Waals surface area (Å²) < 4.78 is 6.35. The van der Waals surface area contributed by atoms with E-state index < -0.39 is 5.97 Å².